The van der Waals surface area contributed by atoms with Gasteiger partial charge in [-0.1, -0.05) is 11.6 Å². The van der Waals surface area contributed by atoms with Gasteiger partial charge < -0.3 is 15.0 Å². The van der Waals surface area contributed by atoms with E-state index >= 15 is 0 Å². The maximum atomic E-state index is 12.1. The second-order valence-corrected chi connectivity index (χ2v) is 10.3. The molecule has 0 spiro atoms. The van der Waals surface area contributed by atoms with Gasteiger partial charge in [0.25, 0.3) is 0 Å². The van der Waals surface area contributed by atoms with E-state index in [2.05, 4.69) is 10.3 Å². The Morgan fingerprint density at radius 2 is 2.11 bits per heavy atom. The number of aryl methyl sites for hydroxylation is 1. The highest BCUT2D eigenvalue weighted by molar-refractivity contribution is 14.0. The molecule has 9 heteroatoms. The fourth-order valence-electron chi connectivity index (χ4n) is 2.89. The average Bonchev–Trinajstić information content (AvgIpc) is 2.55. The molecule has 1 aliphatic heterocycles. The number of benzene rings is 1. The van der Waals surface area contributed by atoms with Crippen LogP contribution < -0.4 is 10.1 Å². The van der Waals surface area contributed by atoms with Crippen molar-refractivity contribution in [2.45, 2.75) is 31.9 Å². The van der Waals surface area contributed by atoms with Gasteiger partial charge in [-0.25, -0.2) is 8.42 Å². The predicted octanol–water partition coefficient (Wildman–Crippen LogP) is 3.12. The Labute approximate surface area is 184 Å². The Hall–Kier alpha value is -0.740. The molecule has 0 aromatic heterocycles. The smallest absolute Gasteiger partial charge is 0.193 e. The minimum atomic E-state index is -3.06. The zero-order chi connectivity index (χ0) is 19.4. The van der Waals surface area contributed by atoms with Crippen LogP contribution in [0, 0.1) is 6.92 Å². The first kappa shape index (κ1) is 24.3. The summed E-state index contributed by atoms with van der Waals surface area (Å²) in [6.07, 6.45) is 0.802. The van der Waals surface area contributed by atoms with Crippen LogP contribution >= 0.6 is 35.6 Å². The Morgan fingerprint density at radius 1 is 1.41 bits per heavy atom. The number of hydrogen-bond donors (Lipinski definition) is 1. The van der Waals surface area contributed by atoms with Crippen LogP contribution in [0.2, 0.25) is 5.02 Å². The highest BCUT2D eigenvalue weighted by Gasteiger charge is 2.40. The van der Waals surface area contributed by atoms with E-state index in [4.69, 9.17) is 16.3 Å². The highest BCUT2D eigenvalue weighted by Crippen LogP contribution is 2.24. The maximum Gasteiger partial charge on any atom is 0.193 e. The minimum absolute atomic E-state index is 0. The summed E-state index contributed by atoms with van der Waals surface area (Å²) in [7, 11) is -1.34. The lowest BCUT2D eigenvalue weighted by Gasteiger charge is -2.39. The molecule has 6 nitrogen and oxygen atoms in total. The summed E-state index contributed by atoms with van der Waals surface area (Å²) in [6, 6.07) is 5.57. The van der Waals surface area contributed by atoms with E-state index in [0.717, 1.165) is 23.7 Å². The van der Waals surface area contributed by atoms with Gasteiger partial charge in [0.1, 0.15) is 5.75 Å². The van der Waals surface area contributed by atoms with Crippen molar-refractivity contribution >= 4 is 51.4 Å². The van der Waals surface area contributed by atoms with Crippen molar-refractivity contribution in [3.63, 3.8) is 0 Å². The van der Waals surface area contributed by atoms with E-state index in [1.165, 1.54) is 0 Å². The molecule has 1 aromatic carbocycles. The predicted molar refractivity (Wildman–Crippen MR) is 123 cm³/mol. The number of nitrogens with one attached hydrogen (secondary N) is 1. The largest absolute Gasteiger partial charge is 0.493 e. The summed E-state index contributed by atoms with van der Waals surface area (Å²) in [6.45, 7) is 7.68. The summed E-state index contributed by atoms with van der Waals surface area (Å²) >= 11 is 5.94. The van der Waals surface area contributed by atoms with Crippen LogP contribution in [0.15, 0.2) is 23.2 Å². The number of aliphatic imine (C=N–C) groups is 1. The summed E-state index contributed by atoms with van der Waals surface area (Å²) in [5, 5.41) is 3.99. The van der Waals surface area contributed by atoms with Crippen molar-refractivity contribution in [1.29, 1.82) is 0 Å². The number of guanidine groups is 1. The molecule has 0 amide bonds. The summed E-state index contributed by atoms with van der Waals surface area (Å²) < 4.78 is 29.3. The minimum Gasteiger partial charge on any atom is -0.493 e. The van der Waals surface area contributed by atoms with Crippen LogP contribution in [0.5, 0.6) is 5.75 Å². The number of halogens is 2. The van der Waals surface area contributed by atoms with Crippen molar-refractivity contribution in [2.75, 3.05) is 39.0 Å². The molecule has 0 atom stereocenters. The summed E-state index contributed by atoms with van der Waals surface area (Å²) in [5.41, 5.74) is 1.01. The van der Waals surface area contributed by atoms with E-state index < -0.39 is 14.6 Å². The normalized spacial score (nSPS) is 18.6. The molecule has 0 bridgehead atoms. The Bertz CT molecular complexity index is 769. The third-order valence-electron chi connectivity index (χ3n) is 4.55. The topological polar surface area (TPSA) is 71.0 Å². The quantitative estimate of drug-likeness (QED) is 0.275. The van der Waals surface area contributed by atoms with Crippen LogP contribution in [0.1, 0.15) is 25.8 Å². The monoisotopic (exact) mass is 529 g/mol. The molecular weight excluding hydrogens is 501 g/mol. The molecule has 1 fully saturated rings. The Kier molecular flexibility index (Phi) is 9.14. The molecule has 0 saturated carbocycles. The number of hydrogen-bond acceptors (Lipinski definition) is 4. The van der Waals surface area contributed by atoms with Gasteiger partial charge in [-0.05, 0) is 51.0 Å². The van der Waals surface area contributed by atoms with Gasteiger partial charge in [0.2, 0.25) is 0 Å². The van der Waals surface area contributed by atoms with Gasteiger partial charge in [0.15, 0.2) is 15.8 Å². The van der Waals surface area contributed by atoms with Crippen LogP contribution in [-0.4, -0.2) is 63.1 Å². The zero-order valence-corrected chi connectivity index (χ0v) is 20.2. The molecule has 0 aliphatic carbocycles. The van der Waals surface area contributed by atoms with E-state index in [0.29, 0.717) is 31.3 Å². The molecule has 1 aromatic rings. The Balaban J connectivity index is 0.00000364. The Morgan fingerprint density at radius 3 is 2.70 bits per heavy atom. The molecule has 2 rings (SSSR count). The van der Waals surface area contributed by atoms with E-state index in [1.54, 1.807) is 20.9 Å². The van der Waals surface area contributed by atoms with Crippen molar-refractivity contribution in [2.24, 2.45) is 4.99 Å². The van der Waals surface area contributed by atoms with Gasteiger partial charge in [-0.3, -0.25) is 4.99 Å². The second-order valence-electron chi connectivity index (χ2n) is 7.09. The number of sulfone groups is 1. The van der Waals surface area contributed by atoms with Gasteiger partial charge in [-0.2, -0.15) is 0 Å². The van der Waals surface area contributed by atoms with Crippen molar-refractivity contribution in [3.8, 4) is 5.75 Å². The third kappa shape index (κ3) is 6.39. The van der Waals surface area contributed by atoms with Gasteiger partial charge in [0, 0.05) is 31.7 Å². The number of rotatable bonds is 5. The molecule has 0 unspecified atom stereocenters. The van der Waals surface area contributed by atoms with Crippen molar-refractivity contribution < 1.29 is 13.2 Å². The standard InChI is InChI=1S/C18H28ClN3O3S.HI/c1-14-12-15(19)6-7-16(14)25-10-5-8-21-17(20-4)22-9-11-26(23,24)18(2,3)13-22;/h6-7,12H,5,8-11,13H2,1-4H3,(H,20,21);1H. The second kappa shape index (κ2) is 10.2. The van der Waals surface area contributed by atoms with E-state index in [9.17, 15) is 8.42 Å². The lowest BCUT2D eigenvalue weighted by Crippen LogP contribution is -2.57. The molecule has 1 heterocycles. The van der Waals surface area contributed by atoms with E-state index in [1.807, 2.05) is 30.0 Å². The summed E-state index contributed by atoms with van der Waals surface area (Å²) in [5.74, 6) is 1.72. The van der Waals surface area contributed by atoms with Crippen molar-refractivity contribution in [1.82, 2.24) is 10.2 Å². The molecular formula is C18H29ClIN3O3S. The van der Waals surface area contributed by atoms with Crippen LogP contribution in [0.3, 0.4) is 0 Å². The van der Waals surface area contributed by atoms with Crippen LogP contribution in [-0.2, 0) is 9.84 Å². The molecule has 1 saturated heterocycles. The van der Waals surface area contributed by atoms with Gasteiger partial charge in [-0.15, -0.1) is 24.0 Å². The first-order chi connectivity index (χ1) is 12.2. The van der Waals surface area contributed by atoms with Gasteiger partial charge >= 0.3 is 0 Å². The summed E-state index contributed by atoms with van der Waals surface area (Å²) in [4.78, 5) is 6.29. The molecule has 0 radical (unpaired) electrons. The average molecular weight is 530 g/mol. The van der Waals surface area contributed by atoms with Crippen LogP contribution in [0.25, 0.3) is 0 Å². The first-order valence-corrected chi connectivity index (χ1v) is 10.8. The number of ether oxygens (including phenoxy) is 1. The van der Waals surface area contributed by atoms with E-state index in [-0.39, 0.29) is 29.7 Å². The fraction of sp³-hybridized carbons (Fsp3) is 0.611. The molecule has 27 heavy (non-hydrogen) atoms. The molecule has 1 aliphatic rings. The molecule has 154 valence electrons. The highest BCUT2D eigenvalue weighted by atomic mass is 127. The zero-order valence-electron chi connectivity index (χ0n) is 16.3. The van der Waals surface area contributed by atoms with Gasteiger partial charge in [0.05, 0.1) is 17.1 Å². The first-order valence-electron chi connectivity index (χ1n) is 8.73. The number of nitrogens with zero attached hydrogens (tertiary/aromatic N) is 2. The fourth-order valence-corrected chi connectivity index (χ4v) is 4.48. The lowest BCUT2D eigenvalue weighted by molar-refractivity contribution is 0.306. The third-order valence-corrected chi connectivity index (χ3v) is 7.32. The van der Waals surface area contributed by atoms with Crippen molar-refractivity contribution in [3.05, 3.63) is 28.8 Å². The molecule has 1 N–H and O–H groups in total. The maximum absolute atomic E-state index is 12.1. The van der Waals surface area contributed by atoms with Crippen LogP contribution in [0.4, 0.5) is 0 Å². The lowest BCUT2D eigenvalue weighted by atomic mass is 10.2. The SMILES string of the molecule is CN=C(NCCCOc1ccc(Cl)cc1C)N1CCS(=O)(=O)C(C)(C)C1.I.